The van der Waals surface area contributed by atoms with E-state index in [0.29, 0.717) is 17.1 Å². The van der Waals surface area contributed by atoms with Crippen molar-refractivity contribution in [2.75, 3.05) is 0 Å². The van der Waals surface area contributed by atoms with Gasteiger partial charge in [-0.25, -0.2) is 18.1 Å². The number of imidazole rings is 1. The molecule has 0 unspecified atom stereocenters. The Hall–Kier alpha value is -3.20. The Morgan fingerprint density at radius 2 is 1.74 bits per heavy atom. The first-order valence-corrected chi connectivity index (χ1v) is 12.9. The molecule has 172 valence electrons. The van der Waals surface area contributed by atoms with Gasteiger partial charge >= 0.3 is 0 Å². The molecule has 0 bridgehead atoms. The number of hydrogen-bond acceptors (Lipinski definition) is 4. The van der Waals surface area contributed by atoms with Gasteiger partial charge in [-0.05, 0) is 57.4 Å². The maximum Gasteiger partial charge on any atom is 0.257 e. The number of aryl methyl sites for hydroxylation is 1. The molecule has 0 spiro atoms. The smallest absolute Gasteiger partial charge is 0.257 e. The normalized spacial score (nSPS) is 12.1. The highest BCUT2D eigenvalue weighted by Gasteiger charge is 2.17. The molecule has 3 aromatic carbocycles. The van der Waals surface area contributed by atoms with E-state index in [4.69, 9.17) is 11.6 Å². The summed E-state index contributed by atoms with van der Waals surface area (Å²) in [5.74, 6) is -0.198. The lowest BCUT2D eigenvalue weighted by atomic mass is 10.1. The van der Waals surface area contributed by atoms with Crippen LogP contribution in [0.25, 0.3) is 28.6 Å². The fourth-order valence-electron chi connectivity index (χ4n) is 3.45. The van der Waals surface area contributed by atoms with E-state index in [-0.39, 0.29) is 5.15 Å². The third-order valence-electron chi connectivity index (χ3n) is 4.99. The number of carbonyl (C=O) groups excluding carboxylic acids is 1. The van der Waals surface area contributed by atoms with Crippen LogP contribution in [0.15, 0.2) is 82.7 Å². The number of fused-ring (bicyclic) bond motifs is 1. The van der Waals surface area contributed by atoms with Gasteiger partial charge in [0.05, 0.1) is 16.8 Å². The molecular weight excluding hydrogens is 538 g/mol. The summed E-state index contributed by atoms with van der Waals surface area (Å²) in [4.78, 5) is 16.7. The molecule has 6 nitrogen and oxygen atoms in total. The van der Waals surface area contributed by atoms with E-state index in [9.17, 15) is 13.2 Å². The van der Waals surface area contributed by atoms with Crippen molar-refractivity contribution >= 4 is 66.4 Å². The summed E-state index contributed by atoms with van der Waals surface area (Å²) in [5, 5.41) is 3.20. The van der Waals surface area contributed by atoms with Crippen LogP contribution in [0.4, 0.5) is 0 Å². The lowest BCUT2D eigenvalue weighted by molar-refractivity contribution is -0.114. The first kappa shape index (κ1) is 23.9. The summed E-state index contributed by atoms with van der Waals surface area (Å²) in [6.07, 6.45) is 3.96. The molecule has 4 aromatic rings. The van der Waals surface area contributed by atoms with Gasteiger partial charge in [0, 0.05) is 10.5 Å². The second-order valence-corrected chi connectivity index (χ2v) is 10.1. The number of nitrogens with one attached hydrogen (secondary N) is 1. The van der Waals surface area contributed by atoms with Crippen LogP contribution in [0, 0.1) is 6.92 Å². The van der Waals surface area contributed by atoms with Crippen LogP contribution in [0.2, 0.25) is 5.15 Å². The van der Waals surface area contributed by atoms with Gasteiger partial charge in [-0.1, -0.05) is 72.3 Å². The van der Waals surface area contributed by atoms with Crippen molar-refractivity contribution in [3.05, 3.63) is 105 Å². The molecule has 0 aliphatic rings. The van der Waals surface area contributed by atoms with Crippen molar-refractivity contribution in [3.63, 3.8) is 0 Å². The van der Waals surface area contributed by atoms with E-state index in [2.05, 4.69) is 20.9 Å². The molecular formula is C25H19BrClN3O3S. The predicted octanol–water partition coefficient (Wildman–Crippen LogP) is 5.88. The molecule has 0 atom stereocenters. The number of sulfonamides is 1. The van der Waals surface area contributed by atoms with E-state index < -0.39 is 15.9 Å². The molecule has 0 saturated carbocycles. The van der Waals surface area contributed by atoms with Gasteiger partial charge in [0.1, 0.15) is 5.82 Å². The molecule has 1 amide bonds. The Morgan fingerprint density at radius 1 is 1.03 bits per heavy atom. The summed E-state index contributed by atoms with van der Waals surface area (Å²) in [5.41, 5.74) is 1.93. The lowest BCUT2D eigenvalue weighted by Gasteiger charge is -2.13. The van der Waals surface area contributed by atoms with Gasteiger partial charge in [0.25, 0.3) is 15.9 Å². The zero-order valence-corrected chi connectivity index (χ0v) is 21.1. The van der Waals surface area contributed by atoms with Gasteiger partial charge in [-0.2, -0.15) is 0 Å². The molecule has 34 heavy (non-hydrogen) atoms. The highest BCUT2D eigenvalue weighted by molar-refractivity contribution is 9.10. The Bertz CT molecular complexity index is 1540. The van der Waals surface area contributed by atoms with Gasteiger partial charge < -0.3 is 0 Å². The van der Waals surface area contributed by atoms with Crippen LogP contribution in [0.5, 0.6) is 0 Å². The maximum atomic E-state index is 12.4. The van der Waals surface area contributed by atoms with Crippen LogP contribution in [-0.2, 0) is 14.8 Å². The molecule has 9 heteroatoms. The number of rotatable bonds is 6. The quantitative estimate of drug-likeness (QED) is 0.301. The first-order chi connectivity index (χ1) is 16.2. The number of aromatic nitrogens is 2. The zero-order valence-electron chi connectivity index (χ0n) is 17.9. The van der Waals surface area contributed by atoms with Crippen molar-refractivity contribution < 1.29 is 13.2 Å². The Kier molecular flexibility index (Phi) is 7.02. The summed E-state index contributed by atoms with van der Waals surface area (Å²) in [6, 6.07) is 20.7. The third-order valence-corrected chi connectivity index (χ3v) is 7.09. The summed E-state index contributed by atoms with van der Waals surface area (Å²) >= 11 is 10.0. The molecule has 1 heterocycles. The number of benzene rings is 3. The minimum absolute atomic E-state index is 0.188. The Morgan fingerprint density at radius 3 is 2.50 bits per heavy atom. The van der Waals surface area contributed by atoms with Gasteiger partial charge in [-0.3, -0.25) is 9.36 Å². The molecule has 0 aliphatic carbocycles. The highest BCUT2D eigenvalue weighted by Crippen LogP contribution is 2.33. The van der Waals surface area contributed by atoms with Crippen molar-refractivity contribution in [2.24, 2.45) is 0 Å². The minimum atomic E-state index is -3.98. The van der Waals surface area contributed by atoms with Crippen molar-refractivity contribution in [2.45, 2.75) is 6.92 Å². The fourth-order valence-corrected chi connectivity index (χ4v) is 5.15. The average Bonchev–Trinajstić information content (AvgIpc) is 3.10. The Balaban J connectivity index is 1.60. The molecule has 0 radical (unpaired) electrons. The summed E-state index contributed by atoms with van der Waals surface area (Å²) < 4.78 is 29.1. The van der Waals surface area contributed by atoms with E-state index in [1.165, 1.54) is 12.2 Å². The van der Waals surface area contributed by atoms with Crippen LogP contribution in [0.1, 0.15) is 17.1 Å². The number of carbonyl (C=O) groups is 1. The largest absolute Gasteiger partial charge is 0.294 e. The van der Waals surface area contributed by atoms with Gasteiger partial charge in [-0.15, -0.1) is 0 Å². The van der Waals surface area contributed by atoms with Crippen LogP contribution < -0.4 is 4.72 Å². The molecule has 0 saturated heterocycles. The van der Waals surface area contributed by atoms with Crippen LogP contribution in [0.3, 0.4) is 0 Å². The molecule has 1 N–H and O–H groups in total. The zero-order chi connectivity index (χ0) is 24.3. The third kappa shape index (κ3) is 5.30. The number of hydrogen-bond donors (Lipinski definition) is 1. The number of nitrogens with zero attached hydrogens (tertiary/aromatic N) is 2. The van der Waals surface area contributed by atoms with E-state index in [1.807, 2.05) is 47.2 Å². The van der Waals surface area contributed by atoms with Crippen LogP contribution >= 0.6 is 27.5 Å². The minimum Gasteiger partial charge on any atom is -0.294 e. The Labute approximate surface area is 210 Å². The summed E-state index contributed by atoms with van der Waals surface area (Å²) in [7, 11) is -3.98. The molecule has 4 rings (SSSR count). The van der Waals surface area contributed by atoms with Crippen molar-refractivity contribution in [1.82, 2.24) is 14.3 Å². The SMILES string of the molecule is Cc1nc(Cl)c(C=CC(=O)NS(=O)(=O)C=Cc2ccccc2)n1-c1ccc2ccccc2c1Br. The van der Waals surface area contributed by atoms with Gasteiger partial charge in [0.15, 0.2) is 5.15 Å². The number of halogens is 2. The maximum absolute atomic E-state index is 12.4. The fraction of sp³-hybridized carbons (Fsp3) is 0.0400. The average molecular weight is 557 g/mol. The van der Waals surface area contributed by atoms with Crippen molar-refractivity contribution in [1.29, 1.82) is 0 Å². The van der Waals surface area contributed by atoms with E-state index in [0.717, 1.165) is 32.4 Å². The monoisotopic (exact) mass is 555 g/mol. The highest BCUT2D eigenvalue weighted by atomic mass is 79.9. The van der Waals surface area contributed by atoms with E-state index in [1.54, 1.807) is 35.8 Å². The summed E-state index contributed by atoms with van der Waals surface area (Å²) in [6.45, 7) is 1.80. The first-order valence-electron chi connectivity index (χ1n) is 10.2. The molecule has 1 aromatic heterocycles. The van der Waals surface area contributed by atoms with Crippen molar-refractivity contribution in [3.8, 4) is 5.69 Å². The predicted molar refractivity (Wildman–Crippen MR) is 140 cm³/mol. The lowest BCUT2D eigenvalue weighted by Crippen LogP contribution is -2.26. The second-order valence-electron chi connectivity index (χ2n) is 7.35. The van der Waals surface area contributed by atoms with Gasteiger partial charge in [0.2, 0.25) is 0 Å². The standard InChI is InChI=1S/C25H19BrClN3O3S/c1-17-28-25(27)22(30(17)21-12-11-19-9-5-6-10-20(19)24(21)26)13-14-23(31)29-34(32,33)16-15-18-7-3-2-4-8-18/h2-16H,1H3,(H,29,31). The second kappa shape index (κ2) is 9.97. The van der Waals surface area contributed by atoms with Crippen LogP contribution in [-0.4, -0.2) is 23.9 Å². The van der Waals surface area contributed by atoms with E-state index >= 15 is 0 Å². The molecule has 0 fully saturated rings. The molecule has 0 aliphatic heterocycles. The topological polar surface area (TPSA) is 81.1 Å². The number of amides is 1.